The van der Waals surface area contributed by atoms with Crippen LogP contribution in [-0.4, -0.2) is 10.3 Å². The second-order valence-corrected chi connectivity index (χ2v) is 4.91. The minimum Gasteiger partial charge on any atom is -0.398 e. The van der Waals surface area contributed by atoms with Crippen LogP contribution in [-0.2, 0) is 6.54 Å². The third-order valence-corrected chi connectivity index (χ3v) is 3.46. The molecule has 5 heteroatoms. The van der Waals surface area contributed by atoms with Crippen LogP contribution >= 0.6 is 11.8 Å². The SMILES string of the molecule is Nc1ccc(=O)n(CCSc2ccccc2F)c1. The van der Waals surface area contributed by atoms with Gasteiger partial charge >= 0.3 is 0 Å². The van der Waals surface area contributed by atoms with Crippen molar-refractivity contribution in [3.8, 4) is 0 Å². The van der Waals surface area contributed by atoms with E-state index in [2.05, 4.69) is 0 Å². The lowest BCUT2D eigenvalue weighted by Gasteiger charge is -2.06. The molecule has 0 saturated heterocycles. The van der Waals surface area contributed by atoms with Crippen LogP contribution in [0.15, 0.2) is 52.3 Å². The Bertz CT molecular complexity index is 598. The summed E-state index contributed by atoms with van der Waals surface area (Å²) in [6.45, 7) is 0.503. The molecule has 18 heavy (non-hydrogen) atoms. The Labute approximate surface area is 108 Å². The highest BCUT2D eigenvalue weighted by Crippen LogP contribution is 2.21. The molecule has 1 aromatic heterocycles. The molecule has 0 aliphatic heterocycles. The molecule has 1 heterocycles. The summed E-state index contributed by atoms with van der Waals surface area (Å²) in [5, 5.41) is 0. The Morgan fingerprint density at radius 1 is 1.22 bits per heavy atom. The van der Waals surface area contributed by atoms with Crippen molar-refractivity contribution >= 4 is 17.4 Å². The Morgan fingerprint density at radius 3 is 2.78 bits per heavy atom. The summed E-state index contributed by atoms with van der Waals surface area (Å²) in [6, 6.07) is 9.60. The van der Waals surface area contributed by atoms with Crippen LogP contribution in [0.5, 0.6) is 0 Å². The number of aromatic nitrogens is 1. The Kier molecular flexibility index (Phi) is 4.04. The van der Waals surface area contributed by atoms with Crippen LogP contribution in [0, 0.1) is 5.82 Å². The molecule has 94 valence electrons. The Balaban J connectivity index is 1.99. The van der Waals surface area contributed by atoms with E-state index in [1.54, 1.807) is 30.5 Å². The normalized spacial score (nSPS) is 10.5. The van der Waals surface area contributed by atoms with E-state index in [4.69, 9.17) is 5.73 Å². The van der Waals surface area contributed by atoms with E-state index in [9.17, 15) is 9.18 Å². The van der Waals surface area contributed by atoms with Crippen LogP contribution in [0.4, 0.5) is 10.1 Å². The van der Waals surface area contributed by atoms with Gasteiger partial charge in [-0.05, 0) is 18.2 Å². The van der Waals surface area contributed by atoms with E-state index < -0.39 is 0 Å². The highest BCUT2D eigenvalue weighted by molar-refractivity contribution is 7.99. The number of halogens is 1. The predicted octanol–water partition coefficient (Wildman–Crippen LogP) is 2.36. The van der Waals surface area contributed by atoms with Gasteiger partial charge in [-0.25, -0.2) is 4.39 Å². The third kappa shape index (κ3) is 3.13. The zero-order valence-electron chi connectivity index (χ0n) is 9.67. The molecule has 0 amide bonds. The molecule has 0 aliphatic carbocycles. The van der Waals surface area contributed by atoms with Gasteiger partial charge in [0.1, 0.15) is 5.82 Å². The van der Waals surface area contributed by atoms with Gasteiger partial charge in [0.25, 0.3) is 5.56 Å². The monoisotopic (exact) mass is 264 g/mol. The number of anilines is 1. The van der Waals surface area contributed by atoms with Gasteiger partial charge in [-0.1, -0.05) is 12.1 Å². The van der Waals surface area contributed by atoms with Crippen molar-refractivity contribution in [1.29, 1.82) is 0 Å². The van der Waals surface area contributed by atoms with Crippen LogP contribution < -0.4 is 11.3 Å². The summed E-state index contributed by atoms with van der Waals surface area (Å²) in [5.74, 6) is 0.382. The molecule has 2 N–H and O–H groups in total. The molecule has 3 nitrogen and oxygen atoms in total. The minimum atomic E-state index is -0.234. The van der Waals surface area contributed by atoms with E-state index in [1.165, 1.54) is 28.5 Å². The van der Waals surface area contributed by atoms with Crippen LogP contribution in [0.2, 0.25) is 0 Å². The first-order valence-electron chi connectivity index (χ1n) is 5.50. The predicted molar refractivity (Wildman–Crippen MR) is 72.2 cm³/mol. The minimum absolute atomic E-state index is 0.0988. The summed E-state index contributed by atoms with van der Waals surface area (Å²) in [7, 11) is 0. The van der Waals surface area contributed by atoms with E-state index in [1.807, 2.05) is 0 Å². The first kappa shape index (κ1) is 12.7. The van der Waals surface area contributed by atoms with Crippen molar-refractivity contribution in [2.45, 2.75) is 11.4 Å². The third-order valence-electron chi connectivity index (χ3n) is 2.43. The Hall–Kier alpha value is -1.75. The fraction of sp³-hybridized carbons (Fsp3) is 0.154. The fourth-order valence-corrected chi connectivity index (χ4v) is 2.43. The van der Waals surface area contributed by atoms with Crippen molar-refractivity contribution in [3.05, 3.63) is 58.8 Å². The summed E-state index contributed by atoms with van der Waals surface area (Å²) in [5.41, 5.74) is 6.06. The molecule has 0 bridgehead atoms. The van der Waals surface area contributed by atoms with E-state index >= 15 is 0 Å². The molecule has 0 atom stereocenters. The molecular formula is C13H13FN2OS. The number of nitrogen functional groups attached to an aromatic ring is 1. The number of rotatable bonds is 4. The van der Waals surface area contributed by atoms with E-state index in [0.29, 0.717) is 22.9 Å². The average molecular weight is 264 g/mol. The van der Waals surface area contributed by atoms with Gasteiger partial charge in [0, 0.05) is 35.1 Å². The van der Waals surface area contributed by atoms with E-state index in [0.717, 1.165) is 0 Å². The molecule has 0 spiro atoms. The van der Waals surface area contributed by atoms with Gasteiger partial charge in [0.2, 0.25) is 0 Å². The molecular weight excluding hydrogens is 251 g/mol. The highest BCUT2D eigenvalue weighted by atomic mass is 32.2. The van der Waals surface area contributed by atoms with E-state index in [-0.39, 0.29) is 11.4 Å². The summed E-state index contributed by atoms with van der Waals surface area (Å²) < 4.78 is 14.9. The summed E-state index contributed by atoms with van der Waals surface area (Å²) >= 11 is 1.38. The standard InChI is InChI=1S/C13H13FN2OS/c14-11-3-1-2-4-12(11)18-8-7-16-9-10(15)5-6-13(16)17/h1-6,9H,7-8,15H2. The van der Waals surface area contributed by atoms with Crippen molar-refractivity contribution in [3.63, 3.8) is 0 Å². The second kappa shape index (κ2) is 5.73. The van der Waals surface area contributed by atoms with Gasteiger partial charge in [-0.3, -0.25) is 4.79 Å². The lowest BCUT2D eigenvalue weighted by atomic mass is 10.3. The fourth-order valence-electron chi connectivity index (χ4n) is 1.54. The molecule has 2 rings (SSSR count). The van der Waals surface area contributed by atoms with Gasteiger partial charge in [0.05, 0.1) is 0 Å². The number of hydrogen-bond donors (Lipinski definition) is 1. The number of benzene rings is 1. The molecule has 0 aliphatic rings. The quantitative estimate of drug-likeness (QED) is 0.862. The van der Waals surface area contributed by atoms with Gasteiger partial charge < -0.3 is 10.3 Å². The average Bonchev–Trinajstić information content (AvgIpc) is 2.36. The number of nitrogens with two attached hydrogens (primary N) is 1. The van der Waals surface area contributed by atoms with Gasteiger partial charge in [-0.15, -0.1) is 11.8 Å². The van der Waals surface area contributed by atoms with Crippen molar-refractivity contribution in [2.75, 3.05) is 11.5 Å². The van der Waals surface area contributed by atoms with Crippen molar-refractivity contribution in [1.82, 2.24) is 4.57 Å². The molecule has 2 aromatic rings. The first-order valence-corrected chi connectivity index (χ1v) is 6.48. The summed E-state index contributed by atoms with van der Waals surface area (Å²) in [6.07, 6.45) is 1.60. The number of aryl methyl sites for hydroxylation is 1. The maximum absolute atomic E-state index is 13.3. The second-order valence-electron chi connectivity index (χ2n) is 3.77. The van der Waals surface area contributed by atoms with Crippen LogP contribution in [0.3, 0.4) is 0 Å². The number of nitrogens with zero attached hydrogens (tertiary/aromatic N) is 1. The molecule has 0 radical (unpaired) electrons. The number of hydrogen-bond acceptors (Lipinski definition) is 3. The smallest absolute Gasteiger partial charge is 0.250 e. The maximum Gasteiger partial charge on any atom is 0.250 e. The lowest BCUT2D eigenvalue weighted by Crippen LogP contribution is -2.19. The van der Waals surface area contributed by atoms with Gasteiger partial charge in [0.15, 0.2) is 0 Å². The maximum atomic E-state index is 13.3. The molecule has 0 saturated carbocycles. The zero-order valence-corrected chi connectivity index (χ0v) is 10.5. The molecule has 0 fully saturated rings. The van der Waals surface area contributed by atoms with Crippen molar-refractivity contribution in [2.24, 2.45) is 0 Å². The van der Waals surface area contributed by atoms with Crippen LogP contribution in [0.1, 0.15) is 0 Å². The Morgan fingerprint density at radius 2 is 2.00 bits per heavy atom. The van der Waals surface area contributed by atoms with Gasteiger partial charge in [-0.2, -0.15) is 0 Å². The zero-order chi connectivity index (χ0) is 13.0. The number of thioether (sulfide) groups is 1. The summed E-state index contributed by atoms with van der Waals surface area (Å²) in [4.78, 5) is 12.1. The number of pyridine rings is 1. The van der Waals surface area contributed by atoms with Crippen LogP contribution in [0.25, 0.3) is 0 Å². The topological polar surface area (TPSA) is 48.0 Å². The largest absolute Gasteiger partial charge is 0.398 e. The highest BCUT2D eigenvalue weighted by Gasteiger charge is 2.02. The first-order chi connectivity index (χ1) is 8.66. The van der Waals surface area contributed by atoms with Crippen molar-refractivity contribution < 1.29 is 4.39 Å². The lowest BCUT2D eigenvalue weighted by molar-refractivity contribution is 0.601. The molecule has 1 aromatic carbocycles. The molecule has 0 unspecified atom stereocenters.